The van der Waals surface area contributed by atoms with Crippen molar-refractivity contribution in [1.29, 1.82) is 0 Å². The lowest BCUT2D eigenvalue weighted by molar-refractivity contribution is -0.132. The van der Waals surface area contributed by atoms with Crippen LogP contribution < -0.4 is 10.6 Å². The minimum Gasteiger partial charge on any atom is -0.383 e. The molecule has 2 amide bonds. The molecule has 142 valence electrons. The van der Waals surface area contributed by atoms with E-state index in [4.69, 9.17) is 0 Å². The lowest BCUT2D eigenvalue weighted by Crippen LogP contribution is -2.48. The Kier molecular flexibility index (Phi) is 6.94. The first kappa shape index (κ1) is 20.1. The van der Waals surface area contributed by atoms with E-state index in [2.05, 4.69) is 17.2 Å². The summed E-state index contributed by atoms with van der Waals surface area (Å²) in [6, 6.07) is 7.07. The first-order chi connectivity index (χ1) is 12.3. The third kappa shape index (κ3) is 4.71. The number of carbonyl (C=O) groups excluding carboxylic acids is 2. The predicted molar refractivity (Wildman–Crippen MR) is 101 cm³/mol. The zero-order valence-electron chi connectivity index (χ0n) is 15.7. The highest BCUT2D eigenvalue weighted by atomic mass is 16.3. The zero-order valence-corrected chi connectivity index (χ0v) is 15.7. The fourth-order valence-corrected chi connectivity index (χ4v) is 3.00. The molecule has 1 aromatic carbocycles. The molecule has 3 N–H and O–H groups in total. The number of rotatable bonds is 7. The summed E-state index contributed by atoms with van der Waals surface area (Å²) in [5.74, 6) is -0.597. The normalized spacial score (nSPS) is 19.5. The van der Waals surface area contributed by atoms with Crippen molar-refractivity contribution in [2.24, 2.45) is 5.92 Å². The van der Waals surface area contributed by atoms with Gasteiger partial charge in [-0.2, -0.15) is 0 Å². The summed E-state index contributed by atoms with van der Waals surface area (Å²) in [6.07, 6.45) is 1.36. The SMILES string of the molecule is C=C[C@@H](CN[C@@H]1C(=O)N(C)CCc2ccccc21)NC(=O)[C@@H](O)C(C)C. The second kappa shape index (κ2) is 8.96. The largest absolute Gasteiger partial charge is 0.383 e. The van der Waals surface area contributed by atoms with Crippen molar-refractivity contribution < 1.29 is 14.7 Å². The van der Waals surface area contributed by atoms with Crippen LogP contribution in [-0.2, 0) is 16.0 Å². The highest BCUT2D eigenvalue weighted by Crippen LogP contribution is 2.24. The number of fused-ring (bicyclic) bond motifs is 1. The van der Waals surface area contributed by atoms with Crippen LogP contribution in [0, 0.1) is 5.92 Å². The van der Waals surface area contributed by atoms with E-state index in [1.807, 2.05) is 24.3 Å². The number of nitrogens with one attached hydrogen (secondary N) is 2. The van der Waals surface area contributed by atoms with Gasteiger partial charge in [-0.15, -0.1) is 6.58 Å². The predicted octanol–water partition coefficient (Wildman–Crippen LogP) is 1.02. The topological polar surface area (TPSA) is 81.7 Å². The highest BCUT2D eigenvalue weighted by Gasteiger charge is 2.29. The Morgan fingerprint density at radius 1 is 1.42 bits per heavy atom. The van der Waals surface area contributed by atoms with Crippen molar-refractivity contribution in [3.8, 4) is 0 Å². The summed E-state index contributed by atoms with van der Waals surface area (Å²) in [6.45, 7) is 8.33. The van der Waals surface area contributed by atoms with Gasteiger partial charge in [0.1, 0.15) is 12.1 Å². The maximum Gasteiger partial charge on any atom is 0.249 e. The summed E-state index contributed by atoms with van der Waals surface area (Å²) >= 11 is 0. The molecule has 1 aliphatic heterocycles. The number of aliphatic hydroxyl groups excluding tert-OH is 1. The second-order valence-electron chi connectivity index (χ2n) is 7.09. The molecule has 0 radical (unpaired) electrons. The van der Waals surface area contributed by atoms with Crippen molar-refractivity contribution in [1.82, 2.24) is 15.5 Å². The standard InChI is InChI=1S/C20H29N3O3/c1-5-15(22-19(25)18(24)13(2)3)12-21-17-16-9-7-6-8-14(16)10-11-23(4)20(17)26/h5-9,13,15,17-18,21,24H,1,10-12H2,2-4H3,(H,22,25)/t15-,17-,18-/m0/s1. The molecule has 0 aliphatic carbocycles. The van der Waals surface area contributed by atoms with E-state index in [-0.39, 0.29) is 17.9 Å². The third-order valence-corrected chi connectivity index (χ3v) is 4.76. The Hall–Kier alpha value is -2.18. The molecule has 0 fully saturated rings. The van der Waals surface area contributed by atoms with Crippen LogP contribution in [0.15, 0.2) is 36.9 Å². The number of amides is 2. The molecule has 26 heavy (non-hydrogen) atoms. The van der Waals surface area contributed by atoms with Crippen molar-refractivity contribution in [3.63, 3.8) is 0 Å². The van der Waals surface area contributed by atoms with Gasteiger partial charge in [0, 0.05) is 20.1 Å². The lowest BCUT2D eigenvalue weighted by Gasteiger charge is -2.25. The molecule has 1 heterocycles. The van der Waals surface area contributed by atoms with Gasteiger partial charge in [0.15, 0.2) is 0 Å². The summed E-state index contributed by atoms with van der Waals surface area (Å²) in [7, 11) is 1.80. The molecule has 3 atom stereocenters. The highest BCUT2D eigenvalue weighted by molar-refractivity contribution is 5.84. The molecule has 0 aromatic heterocycles. The van der Waals surface area contributed by atoms with Crippen LogP contribution in [0.25, 0.3) is 0 Å². The maximum atomic E-state index is 12.7. The number of carbonyl (C=O) groups is 2. The van der Waals surface area contributed by atoms with Crippen molar-refractivity contribution in [2.75, 3.05) is 20.1 Å². The molecule has 0 bridgehead atoms. The van der Waals surface area contributed by atoms with Gasteiger partial charge in [0.05, 0.1) is 6.04 Å². The van der Waals surface area contributed by atoms with Crippen LogP contribution in [0.4, 0.5) is 0 Å². The lowest BCUT2D eigenvalue weighted by atomic mass is 9.99. The van der Waals surface area contributed by atoms with Crippen LogP contribution in [0.5, 0.6) is 0 Å². The van der Waals surface area contributed by atoms with Gasteiger partial charge in [-0.25, -0.2) is 0 Å². The monoisotopic (exact) mass is 359 g/mol. The molecular formula is C20H29N3O3. The fourth-order valence-electron chi connectivity index (χ4n) is 3.00. The number of likely N-dealkylation sites (N-methyl/N-ethyl adjacent to an activating group) is 1. The summed E-state index contributed by atoms with van der Waals surface area (Å²) in [5, 5.41) is 15.9. The Bertz CT molecular complexity index is 659. The maximum absolute atomic E-state index is 12.7. The number of aliphatic hydroxyl groups is 1. The smallest absolute Gasteiger partial charge is 0.249 e. The van der Waals surface area contributed by atoms with Gasteiger partial charge in [0.25, 0.3) is 0 Å². The van der Waals surface area contributed by atoms with E-state index >= 15 is 0 Å². The first-order valence-electron chi connectivity index (χ1n) is 9.02. The Morgan fingerprint density at radius 3 is 2.77 bits per heavy atom. The summed E-state index contributed by atoms with van der Waals surface area (Å²) in [4.78, 5) is 26.5. The van der Waals surface area contributed by atoms with Crippen molar-refractivity contribution in [2.45, 2.75) is 38.5 Å². The van der Waals surface area contributed by atoms with E-state index in [9.17, 15) is 14.7 Å². The van der Waals surface area contributed by atoms with E-state index in [1.165, 1.54) is 0 Å². The van der Waals surface area contributed by atoms with Gasteiger partial charge in [-0.1, -0.05) is 44.2 Å². The Morgan fingerprint density at radius 2 is 2.12 bits per heavy atom. The minimum absolute atomic E-state index is 0.00584. The van der Waals surface area contributed by atoms with Crippen LogP contribution in [-0.4, -0.2) is 54.1 Å². The zero-order chi connectivity index (χ0) is 19.3. The third-order valence-electron chi connectivity index (χ3n) is 4.76. The van der Waals surface area contributed by atoms with Crippen molar-refractivity contribution in [3.05, 3.63) is 48.0 Å². The van der Waals surface area contributed by atoms with E-state index in [0.717, 1.165) is 17.5 Å². The van der Waals surface area contributed by atoms with Gasteiger partial charge >= 0.3 is 0 Å². The molecule has 0 spiro atoms. The number of hydrogen-bond acceptors (Lipinski definition) is 4. The van der Waals surface area contributed by atoms with Crippen LogP contribution in [0.3, 0.4) is 0 Å². The first-order valence-corrected chi connectivity index (χ1v) is 9.02. The van der Waals surface area contributed by atoms with Gasteiger partial charge in [-0.3, -0.25) is 14.9 Å². The van der Waals surface area contributed by atoms with E-state index in [1.54, 1.807) is 31.9 Å². The van der Waals surface area contributed by atoms with Gasteiger partial charge in [0.2, 0.25) is 11.8 Å². The summed E-state index contributed by atoms with van der Waals surface area (Å²) < 4.78 is 0. The second-order valence-corrected chi connectivity index (χ2v) is 7.09. The average Bonchev–Trinajstić information content (AvgIpc) is 2.75. The van der Waals surface area contributed by atoms with Gasteiger partial charge < -0.3 is 15.3 Å². The van der Waals surface area contributed by atoms with Crippen molar-refractivity contribution >= 4 is 11.8 Å². The number of hydrogen-bond donors (Lipinski definition) is 3. The minimum atomic E-state index is -1.07. The Labute approximate surface area is 155 Å². The van der Waals surface area contributed by atoms with E-state index < -0.39 is 18.1 Å². The van der Waals surface area contributed by atoms with E-state index in [0.29, 0.717) is 13.1 Å². The van der Waals surface area contributed by atoms with Crippen LogP contribution in [0.2, 0.25) is 0 Å². The molecule has 1 aromatic rings. The molecule has 6 nitrogen and oxygen atoms in total. The quantitative estimate of drug-likeness (QED) is 0.635. The average molecular weight is 359 g/mol. The molecule has 0 saturated heterocycles. The van der Waals surface area contributed by atoms with Gasteiger partial charge in [-0.05, 0) is 23.5 Å². The molecule has 0 saturated carbocycles. The molecule has 2 rings (SSSR count). The molecular weight excluding hydrogens is 330 g/mol. The number of nitrogens with zero attached hydrogens (tertiary/aromatic N) is 1. The summed E-state index contributed by atoms with van der Waals surface area (Å²) in [5.41, 5.74) is 2.12. The molecule has 6 heteroatoms. The molecule has 0 unspecified atom stereocenters. The van der Waals surface area contributed by atoms with Crippen LogP contribution in [0.1, 0.15) is 31.0 Å². The Balaban J connectivity index is 2.09. The number of benzene rings is 1. The molecule has 1 aliphatic rings. The van der Waals surface area contributed by atoms with Crippen LogP contribution >= 0.6 is 0 Å². The fraction of sp³-hybridized carbons (Fsp3) is 0.500.